The highest BCUT2D eigenvalue weighted by Gasteiger charge is 2.07. The van der Waals surface area contributed by atoms with E-state index in [1.165, 1.54) is 17.7 Å². The Morgan fingerprint density at radius 1 is 1.16 bits per heavy atom. The van der Waals surface area contributed by atoms with Crippen molar-refractivity contribution in [3.05, 3.63) is 47.1 Å². The van der Waals surface area contributed by atoms with Gasteiger partial charge in [-0.15, -0.1) is 0 Å². The number of phenols is 2. The topological polar surface area (TPSA) is 60.7 Å². The summed E-state index contributed by atoms with van der Waals surface area (Å²) in [4.78, 5) is 0. The fourth-order valence-corrected chi connectivity index (χ4v) is 1.76. The largest absolute Gasteiger partial charge is 0.504 e. The second kappa shape index (κ2) is 7.00. The number of hydrogen-bond donors (Lipinski definition) is 3. The lowest BCUT2D eigenvalue weighted by atomic mass is 10.0. The summed E-state index contributed by atoms with van der Waals surface area (Å²) in [5.41, 5.74) is 2.95. The van der Waals surface area contributed by atoms with E-state index in [4.69, 9.17) is 0 Å². The molecule has 0 bridgehead atoms. The van der Waals surface area contributed by atoms with Crippen molar-refractivity contribution in [3.8, 4) is 11.5 Å². The van der Waals surface area contributed by atoms with Crippen LogP contribution in [0.3, 0.4) is 0 Å². The number of aliphatic hydroxyl groups is 1. The zero-order chi connectivity index (χ0) is 14.4. The first kappa shape index (κ1) is 15.3. The molecule has 0 fully saturated rings. The van der Waals surface area contributed by atoms with Gasteiger partial charge in [0.1, 0.15) is 0 Å². The molecule has 1 aromatic carbocycles. The molecule has 0 radical (unpaired) electrons. The van der Waals surface area contributed by atoms with Gasteiger partial charge in [0.2, 0.25) is 0 Å². The van der Waals surface area contributed by atoms with E-state index in [1.54, 1.807) is 12.1 Å². The highest BCUT2D eigenvalue weighted by Crippen LogP contribution is 2.28. The van der Waals surface area contributed by atoms with E-state index in [9.17, 15) is 15.3 Å². The molecule has 0 aliphatic rings. The lowest BCUT2D eigenvalue weighted by molar-refractivity contribution is 0.226. The first-order chi connectivity index (χ1) is 8.90. The predicted octanol–water partition coefficient (Wildman–Crippen LogP) is 3.82. The second-order valence-electron chi connectivity index (χ2n) is 5.03. The molecule has 3 N–H and O–H groups in total. The second-order valence-corrected chi connectivity index (χ2v) is 5.03. The molecule has 0 spiro atoms. The van der Waals surface area contributed by atoms with Gasteiger partial charge in [-0.25, -0.2) is 0 Å². The van der Waals surface area contributed by atoms with Crippen molar-refractivity contribution in [2.75, 3.05) is 0 Å². The van der Waals surface area contributed by atoms with Crippen molar-refractivity contribution in [2.45, 2.75) is 39.7 Å². The molecule has 0 aliphatic carbocycles. The first-order valence-corrected chi connectivity index (χ1v) is 6.40. The van der Waals surface area contributed by atoms with Crippen molar-refractivity contribution in [2.24, 2.45) is 0 Å². The summed E-state index contributed by atoms with van der Waals surface area (Å²) < 4.78 is 0. The zero-order valence-electron chi connectivity index (χ0n) is 11.7. The van der Waals surface area contributed by atoms with E-state index >= 15 is 0 Å². The number of aliphatic hydroxyl groups excluding tert-OH is 1. The molecule has 1 aromatic rings. The average molecular weight is 262 g/mol. The maximum Gasteiger partial charge on any atom is 0.157 e. The Bertz CT molecular complexity index is 483. The Kier molecular flexibility index (Phi) is 5.64. The van der Waals surface area contributed by atoms with Gasteiger partial charge in [0, 0.05) is 0 Å². The van der Waals surface area contributed by atoms with Crippen molar-refractivity contribution in [1.82, 2.24) is 0 Å². The van der Waals surface area contributed by atoms with Crippen LogP contribution in [0.5, 0.6) is 11.5 Å². The van der Waals surface area contributed by atoms with Gasteiger partial charge in [-0.05, 0) is 51.3 Å². The highest BCUT2D eigenvalue weighted by molar-refractivity contribution is 5.42. The lowest BCUT2D eigenvalue weighted by Gasteiger charge is -2.09. The molecule has 19 heavy (non-hydrogen) atoms. The quantitative estimate of drug-likeness (QED) is 0.558. The van der Waals surface area contributed by atoms with Crippen LogP contribution in [0.25, 0.3) is 0 Å². The molecule has 0 saturated carbocycles. The third-order valence-corrected chi connectivity index (χ3v) is 2.87. The van der Waals surface area contributed by atoms with Crippen LogP contribution in [0.15, 0.2) is 41.5 Å². The third-order valence-electron chi connectivity index (χ3n) is 2.87. The van der Waals surface area contributed by atoms with Crippen LogP contribution in [0.2, 0.25) is 0 Å². The average Bonchev–Trinajstić information content (AvgIpc) is 2.32. The van der Waals surface area contributed by atoms with Gasteiger partial charge >= 0.3 is 0 Å². The van der Waals surface area contributed by atoms with Crippen molar-refractivity contribution < 1.29 is 15.3 Å². The molecule has 3 nitrogen and oxygen atoms in total. The minimum absolute atomic E-state index is 0.180. The molecule has 0 aliphatic heterocycles. The molecule has 1 atom stereocenters. The van der Waals surface area contributed by atoms with Gasteiger partial charge in [-0.3, -0.25) is 0 Å². The number of phenolic OH excluding ortho intramolecular Hbond substituents is 2. The Morgan fingerprint density at radius 3 is 2.42 bits per heavy atom. The van der Waals surface area contributed by atoms with Gasteiger partial charge < -0.3 is 15.3 Å². The van der Waals surface area contributed by atoms with Gasteiger partial charge in [-0.2, -0.15) is 0 Å². The van der Waals surface area contributed by atoms with E-state index in [-0.39, 0.29) is 11.5 Å². The molecular weight excluding hydrogens is 240 g/mol. The molecule has 3 heteroatoms. The number of rotatable bonds is 5. The highest BCUT2D eigenvalue weighted by atomic mass is 16.3. The fraction of sp³-hybridized carbons (Fsp3) is 0.375. The van der Waals surface area contributed by atoms with Crippen molar-refractivity contribution in [1.29, 1.82) is 0 Å². The van der Waals surface area contributed by atoms with Crippen LogP contribution >= 0.6 is 0 Å². The van der Waals surface area contributed by atoms with Crippen LogP contribution in [0.1, 0.15) is 45.3 Å². The van der Waals surface area contributed by atoms with Crippen LogP contribution in [-0.4, -0.2) is 15.3 Å². The van der Waals surface area contributed by atoms with E-state index in [0.717, 1.165) is 18.4 Å². The summed E-state index contributed by atoms with van der Waals surface area (Å²) >= 11 is 0. The standard InChI is InChI=1S/C16H22O3/c1-11(2)5-4-6-12(3)9-15(18)13-7-8-14(17)16(19)10-13/h5,7-10,15,17-19H,4,6H2,1-3H3/b12-9+. The molecule has 104 valence electrons. The van der Waals surface area contributed by atoms with Crippen LogP contribution in [0.4, 0.5) is 0 Å². The maximum atomic E-state index is 10.0. The maximum absolute atomic E-state index is 10.0. The summed E-state index contributed by atoms with van der Waals surface area (Å²) in [5, 5.41) is 28.6. The molecular formula is C16H22O3. The number of allylic oxidation sites excluding steroid dienone is 3. The fourth-order valence-electron chi connectivity index (χ4n) is 1.76. The van der Waals surface area contributed by atoms with Gasteiger partial charge in [0.15, 0.2) is 11.5 Å². The Labute approximate surface area is 114 Å². The molecule has 0 saturated heterocycles. The van der Waals surface area contributed by atoms with Gasteiger partial charge in [-0.1, -0.05) is 29.4 Å². The molecule has 0 aromatic heterocycles. The number of hydrogen-bond acceptors (Lipinski definition) is 3. The summed E-state index contributed by atoms with van der Waals surface area (Å²) in [6.45, 7) is 6.10. The van der Waals surface area contributed by atoms with E-state index in [1.807, 2.05) is 6.92 Å². The number of benzene rings is 1. The third kappa shape index (κ3) is 5.18. The Balaban J connectivity index is 2.69. The van der Waals surface area contributed by atoms with Crippen LogP contribution in [0, 0.1) is 0 Å². The molecule has 1 rings (SSSR count). The van der Waals surface area contributed by atoms with E-state index < -0.39 is 6.10 Å². The van der Waals surface area contributed by atoms with Gasteiger partial charge in [0.05, 0.1) is 6.10 Å². The summed E-state index contributed by atoms with van der Waals surface area (Å²) in [5.74, 6) is -0.396. The lowest BCUT2D eigenvalue weighted by Crippen LogP contribution is -1.94. The van der Waals surface area contributed by atoms with Crippen molar-refractivity contribution in [3.63, 3.8) is 0 Å². The van der Waals surface area contributed by atoms with Gasteiger partial charge in [0.25, 0.3) is 0 Å². The van der Waals surface area contributed by atoms with E-state index in [0.29, 0.717) is 5.56 Å². The molecule has 0 amide bonds. The van der Waals surface area contributed by atoms with Crippen LogP contribution < -0.4 is 0 Å². The minimum Gasteiger partial charge on any atom is -0.504 e. The Morgan fingerprint density at radius 2 is 1.84 bits per heavy atom. The predicted molar refractivity (Wildman–Crippen MR) is 77.2 cm³/mol. The summed E-state index contributed by atoms with van der Waals surface area (Å²) in [6.07, 6.45) is 5.02. The monoisotopic (exact) mass is 262 g/mol. The SMILES string of the molecule is CC(C)=CCC/C(C)=C/C(O)c1ccc(O)c(O)c1. The summed E-state index contributed by atoms with van der Waals surface area (Å²) in [6, 6.07) is 4.35. The number of aromatic hydroxyl groups is 2. The normalized spacial score (nSPS) is 13.2. The molecule has 1 unspecified atom stereocenters. The molecule has 0 heterocycles. The van der Waals surface area contributed by atoms with E-state index in [2.05, 4.69) is 19.9 Å². The summed E-state index contributed by atoms with van der Waals surface area (Å²) in [7, 11) is 0. The van der Waals surface area contributed by atoms with Crippen molar-refractivity contribution >= 4 is 0 Å². The smallest absolute Gasteiger partial charge is 0.157 e. The Hall–Kier alpha value is -1.74. The minimum atomic E-state index is -0.766. The van der Waals surface area contributed by atoms with Crippen LogP contribution in [-0.2, 0) is 0 Å². The first-order valence-electron chi connectivity index (χ1n) is 6.40. The zero-order valence-corrected chi connectivity index (χ0v) is 11.7.